The van der Waals surface area contributed by atoms with Gasteiger partial charge in [-0.25, -0.2) is 9.59 Å². The number of aromatic nitrogens is 1. The lowest BCUT2D eigenvalue weighted by Crippen LogP contribution is -2.43. The Morgan fingerprint density at radius 1 is 0.929 bits per heavy atom. The molecule has 11 nitrogen and oxygen atoms in total. The molecule has 1 aromatic carbocycles. The van der Waals surface area contributed by atoms with Crippen molar-refractivity contribution < 1.29 is 23.9 Å². The van der Waals surface area contributed by atoms with Gasteiger partial charge in [-0.3, -0.25) is 15.1 Å². The molecule has 226 valence electrons. The number of benzene rings is 1. The molecule has 0 saturated carbocycles. The maximum Gasteiger partial charge on any atom is 0.412 e. The zero-order chi connectivity index (χ0) is 30.7. The van der Waals surface area contributed by atoms with Crippen LogP contribution in [0.3, 0.4) is 0 Å². The maximum atomic E-state index is 13.0. The molecule has 0 fully saturated rings. The van der Waals surface area contributed by atoms with E-state index in [1.165, 1.54) is 11.3 Å². The highest BCUT2D eigenvalue weighted by Gasteiger charge is 2.19. The quantitative estimate of drug-likeness (QED) is 0.267. The number of amides is 4. The lowest BCUT2D eigenvalue weighted by molar-refractivity contribution is 0.0635. The van der Waals surface area contributed by atoms with Crippen molar-refractivity contribution in [2.24, 2.45) is 0 Å². The average molecular weight is 597 g/mol. The van der Waals surface area contributed by atoms with Crippen LogP contribution in [-0.4, -0.2) is 79.3 Å². The second-order valence-corrected chi connectivity index (χ2v) is 11.6. The summed E-state index contributed by atoms with van der Waals surface area (Å²) in [5.41, 5.74) is 2.34. The number of ether oxygens (including phenoxy) is 2. The molecule has 0 aliphatic heterocycles. The fourth-order valence-electron chi connectivity index (χ4n) is 3.75. The predicted octanol–water partition coefficient (Wildman–Crippen LogP) is 5.07. The van der Waals surface area contributed by atoms with Gasteiger partial charge in [0.25, 0.3) is 5.91 Å². The number of rotatable bonds is 12. The smallest absolute Gasteiger partial charge is 0.412 e. The highest BCUT2D eigenvalue weighted by atomic mass is 32.1. The molecule has 42 heavy (non-hydrogen) atoms. The largest absolute Gasteiger partial charge is 0.497 e. The molecule has 0 bridgehead atoms. The number of anilines is 2. The minimum absolute atomic E-state index is 0.172. The van der Waals surface area contributed by atoms with Gasteiger partial charge in [0.2, 0.25) is 0 Å². The fraction of sp³-hybridized carbons (Fsp3) is 0.400. The number of pyridine rings is 1. The van der Waals surface area contributed by atoms with Crippen LogP contribution in [0.4, 0.5) is 21.0 Å². The zero-order valence-corrected chi connectivity index (χ0v) is 25.8. The van der Waals surface area contributed by atoms with Gasteiger partial charge >= 0.3 is 12.1 Å². The summed E-state index contributed by atoms with van der Waals surface area (Å²) in [5.74, 6) is 0.370. The van der Waals surface area contributed by atoms with E-state index in [0.717, 1.165) is 16.9 Å². The van der Waals surface area contributed by atoms with Crippen LogP contribution in [0.15, 0.2) is 53.4 Å². The number of hydrogen-bond acceptors (Lipinski definition) is 8. The molecular weight excluding hydrogens is 556 g/mol. The maximum absolute atomic E-state index is 13.0. The first-order chi connectivity index (χ1) is 19.9. The van der Waals surface area contributed by atoms with Gasteiger partial charge in [0.05, 0.1) is 18.5 Å². The molecule has 2 aromatic heterocycles. The van der Waals surface area contributed by atoms with Crippen molar-refractivity contribution >= 4 is 40.7 Å². The summed E-state index contributed by atoms with van der Waals surface area (Å²) in [6.45, 7) is 7.37. The minimum Gasteiger partial charge on any atom is -0.497 e. The lowest BCUT2D eigenvalue weighted by atomic mass is 10.1. The van der Waals surface area contributed by atoms with Gasteiger partial charge in [0, 0.05) is 43.1 Å². The number of methoxy groups -OCH3 is 1. The molecule has 3 N–H and O–H groups in total. The Kier molecular flexibility index (Phi) is 11.7. The SMILES string of the molecule is COc1ccc(CCNC(=O)N(CCN(C)C)Cc2ccc(C(=O)Nc3cscc3NC(=O)OC(C)(C)C)nc2)cc1. The molecule has 0 aliphatic carbocycles. The number of likely N-dealkylation sites (N-methyl/N-ethyl adjacent to an activating group) is 1. The number of nitrogens with one attached hydrogen (secondary N) is 3. The van der Waals surface area contributed by atoms with Crippen LogP contribution in [0.2, 0.25) is 0 Å². The van der Waals surface area contributed by atoms with Crippen LogP contribution >= 0.6 is 11.3 Å². The number of carbonyl (C=O) groups excluding carboxylic acids is 3. The zero-order valence-electron chi connectivity index (χ0n) is 25.0. The van der Waals surface area contributed by atoms with Gasteiger partial charge in [-0.2, -0.15) is 0 Å². The first kappa shape index (κ1) is 32.4. The Morgan fingerprint density at radius 3 is 2.19 bits per heavy atom. The summed E-state index contributed by atoms with van der Waals surface area (Å²) in [4.78, 5) is 46.1. The lowest BCUT2D eigenvalue weighted by Gasteiger charge is -2.25. The van der Waals surface area contributed by atoms with Crippen molar-refractivity contribution in [2.75, 3.05) is 51.5 Å². The molecule has 0 saturated heterocycles. The summed E-state index contributed by atoms with van der Waals surface area (Å²) in [7, 11) is 5.54. The van der Waals surface area contributed by atoms with Gasteiger partial charge in [0.15, 0.2) is 0 Å². The third-order valence-corrected chi connectivity index (χ3v) is 6.67. The molecule has 0 spiro atoms. The topological polar surface area (TPSA) is 125 Å². The Balaban J connectivity index is 1.58. The van der Waals surface area contributed by atoms with Crippen molar-refractivity contribution in [3.8, 4) is 5.75 Å². The Bertz CT molecular complexity index is 1320. The average Bonchev–Trinajstić information content (AvgIpc) is 3.36. The molecule has 0 radical (unpaired) electrons. The van der Waals surface area contributed by atoms with E-state index < -0.39 is 17.6 Å². The Labute approximate surface area is 251 Å². The van der Waals surface area contributed by atoms with E-state index in [-0.39, 0.29) is 11.7 Å². The van der Waals surface area contributed by atoms with E-state index in [9.17, 15) is 14.4 Å². The molecule has 12 heteroatoms. The summed E-state index contributed by atoms with van der Waals surface area (Å²) in [6, 6.07) is 11.0. The molecule has 0 unspecified atom stereocenters. The highest BCUT2D eigenvalue weighted by Crippen LogP contribution is 2.27. The van der Waals surface area contributed by atoms with E-state index in [2.05, 4.69) is 20.9 Å². The van der Waals surface area contributed by atoms with Gasteiger partial charge in [-0.15, -0.1) is 11.3 Å². The summed E-state index contributed by atoms with van der Waals surface area (Å²) < 4.78 is 10.5. The molecule has 0 aliphatic rings. The van der Waals surface area contributed by atoms with E-state index in [1.807, 2.05) is 43.3 Å². The number of hydrogen-bond donors (Lipinski definition) is 3. The van der Waals surface area contributed by atoms with Crippen LogP contribution in [0.25, 0.3) is 0 Å². The molecule has 3 aromatic rings. The number of urea groups is 1. The summed E-state index contributed by atoms with van der Waals surface area (Å²) >= 11 is 1.33. The Hall–Kier alpha value is -4.16. The van der Waals surface area contributed by atoms with Crippen molar-refractivity contribution in [1.29, 1.82) is 0 Å². The summed E-state index contributed by atoms with van der Waals surface area (Å²) in [5, 5.41) is 11.9. The van der Waals surface area contributed by atoms with Crippen LogP contribution < -0.4 is 20.7 Å². The van der Waals surface area contributed by atoms with E-state index in [1.54, 1.807) is 61.9 Å². The second kappa shape index (κ2) is 15.2. The third kappa shape index (κ3) is 10.7. The van der Waals surface area contributed by atoms with Crippen LogP contribution in [-0.2, 0) is 17.7 Å². The number of carbonyl (C=O) groups is 3. The molecule has 2 heterocycles. The number of nitrogens with zero attached hydrogens (tertiary/aromatic N) is 3. The van der Waals surface area contributed by atoms with Crippen LogP contribution in [0, 0.1) is 0 Å². The third-order valence-electron chi connectivity index (χ3n) is 5.93. The van der Waals surface area contributed by atoms with Crippen molar-refractivity contribution in [3.05, 3.63) is 70.2 Å². The molecule has 0 atom stereocenters. The van der Waals surface area contributed by atoms with E-state index in [4.69, 9.17) is 9.47 Å². The van der Waals surface area contributed by atoms with Crippen molar-refractivity contribution in [2.45, 2.75) is 39.3 Å². The molecule has 3 rings (SSSR count). The monoisotopic (exact) mass is 596 g/mol. The van der Waals surface area contributed by atoms with Crippen molar-refractivity contribution in [3.63, 3.8) is 0 Å². The van der Waals surface area contributed by atoms with Crippen LogP contribution in [0.1, 0.15) is 42.4 Å². The van der Waals surface area contributed by atoms with Crippen LogP contribution in [0.5, 0.6) is 5.75 Å². The predicted molar refractivity (Wildman–Crippen MR) is 165 cm³/mol. The Morgan fingerprint density at radius 2 is 1.60 bits per heavy atom. The van der Waals surface area contributed by atoms with Gasteiger partial charge in [-0.1, -0.05) is 18.2 Å². The second-order valence-electron chi connectivity index (χ2n) is 10.9. The fourth-order valence-corrected chi connectivity index (χ4v) is 4.47. The molecular formula is C30H40N6O5S. The van der Waals surface area contributed by atoms with Crippen molar-refractivity contribution in [1.82, 2.24) is 20.1 Å². The normalized spacial score (nSPS) is 11.1. The van der Waals surface area contributed by atoms with E-state index in [0.29, 0.717) is 44.0 Å². The van der Waals surface area contributed by atoms with E-state index >= 15 is 0 Å². The first-order valence-electron chi connectivity index (χ1n) is 13.6. The molecule has 4 amide bonds. The van der Waals surface area contributed by atoms with Gasteiger partial charge in [-0.05, 0) is 70.6 Å². The number of thiophene rings is 1. The first-order valence-corrected chi connectivity index (χ1v) is 14.5. The highest BCUT2D eigenvalue weighted by molar-refractivity contribution is 7.09. The minimum atomic E-state index is -0.644. The summed E-state index contributed by atoms with van der Waals surface area (Å²) in [6.07, 6.45) is 1.68. The van der Waals surface area contributed by atoms with Gasteiger partial charge in [0.1, 0.15) is 17.0 Å². The van der Waals surface area contributed by atoms with Gasteiger partial charge < -0.3 is 29.9 Å². The standard InChI is InChI=1S/C30H40N6O5S/c1-30(2,3)41-29(39)34-26-20-42-19-25(26)33-27(37)24-12-9-22(17-32-24)18-36(16-15-35(4)5)28(38)31-14-13-21-7-10-23(40-6)11-8-21/h7-12,17,19-20H,13-16,18H2,1-6H3,(H,31,38)(H,33,37)(H,34,39).